The predicted octanol–water partition coefficient (Wildman–Crippen LogP) is 1.85. The van der Waals surface area contributed by atoms with E-state index in [4.69, 9.17) is 4.74 Å². The maximum absolute atomic E-state index is 5.34. The van der Waals surface area contributed by atoms with E-state index in [1.807, 2.05) is 0 Å². The van der Waals surface area contributed by atoms with Crippen LogP contribution in [0.15, 0.2) is 30.3 Å². The molecule has 1 aromatic rings. The molecular formula is C14H22N2O. The number of nitrogens with zero attached hydrogens (tertiary/aromatic N) is 2. The van der Waals surface area contributed by atoms with Gasteiger partial charge < -0.3 is 9.64 Å². The molecule has 1 heterocycles. The minimum atomic E-state index is 0.897. The molecule has 1 aliphatic rings. The number of benzene rings is 1. The molecule has 0 spiro atoms. The first kappa shape index (κ1) is 12.4. The third-order valence-electron chi connectivity index (χ3n) is 3.27. The van der Waals surface area contributed by atoms with E-state index >= 15 is 0 Å². The van der Waals surface area contributed by atoms with Gasteiger partial charge in [-0.1, -0.05) is 18.2 Å². The molecule has 0 aliphatic carbocycles. The molecule has 0 unspecified atom stereocenters. The number of para-hydroxylation sites is 1. The number of hydrogen-bond donors (Lipinski definition) is 0. The van der Waals surface area contributed by atoms with Gasteiger partial charge in [-0.3, -0.25) is 4.90 Å². The van der Waals surface area contributed by atoms with Gasteiger partial charge in [-0.15, -0.1) is 0 Å². The summed E-state index contributed by atoms with van der Waals surface area (Å²) in [7, 11) is 2.16. The van der Waals surface area contributed by atoms with E-state index in [0.717, 1.165) is 32.8 Å². The monoisotopic (exact) mass is 234 g/mol. The highest BCUT2D eigenvalue weighted by molar-refractivity contribution is 5.44. The van der Waals surface area contributed by atoms with Gasteiger partial charge in [-0.2, -0.15) is 0 Å². The number of hydrogen-bond acceptors (Lipinski definition) is 3. The topological polar surface area (TPSA) is 15.7 Å². The quantitative estimate of drug-likeness (QED) is 0.773. The molecule has 1 aromatic carbocycles. The van der Waals surface area contributed by atoms with E-state index in [1.54, 1.807) is 0 Å². The van der Waals surface area contributed by atoms with Crippen molar-refractivity contribution in [2.24, 2.45) is 0 Å². The maximum Gasteiger partial charge on any atom is 0.0594 e. The number of ether oxygens (including phenoxy) is 1. The van der Waals surface area contributed by atoms with Gasteiger partial charge in [0.15, 0.2) is 0 Å². The summed E-state index contributed by atoms with van der Waals surface area (Å²) in [6.45, 7) is 6.27. The zero-order valence-electron chi connectivity index (χ0n) is 10.6. The van der Waals surface area contributed by atoms with Crippen molar-refractivity contribution in [3.8, 4) is 0 Å². The second kappa shape index (κ2) is 6.62. The number of morpholine rings is 1. The van der Waals surface area contributed by atoms with Crippen LogP contribution in [0.25, 0.3) is 0 Å². The normalized spacial score (nSPS) is 17.0. The zero-order valence-corrected chi connectivity index (χ0v) is 10.6. The molecule has 0 atom stereocenters. The van der Waals surface area contributed by atoms with Crippen molar-refractivity contribution >= 4 is 5.69 Å². The molecule has 0 radical (unpaired) electrons. The molecule has 1 saturated heterocycles. The fraction of sp³-hybridized carbons (Fsp3) is 0.571. The van der Waals surface area contributed by atoms with Crippen LogP contribution < -0.4 is 4.90 Å². The third-order valence-corrected chi connectivity index (χ3v) is 3.27. The summed E-state index contributed by atoms with van der Waals surface area (Å²) < 4.78 is 5.34. The molecule has 0 bridgehead atoms. The molecule has 0 N–H and O–H groups in total. The second-order valence-electron chi connectivity index (χ2n) is 4.56. The Bertz CT molecular complexity index is 309. The molecular weight excluding hydrogens is 212 g/mol. The summed E-state index contributed by atoms with van der Waals surface area (Å²) in [6, 6.07) is 10.6. The van der Waals surface area contributed by atoms with Crippen molar-refractivity contribution in [3.63, 3.8) is 0 Å². The Morgan fingerprint density at radius 1 is 1.18 bits per heavy atom. The highest BCUT2D eigenvalue weighted by Gasteiger charge is 2.09. The van der Waals surface area contributed by atoms with Crippen molar-refractivity contribution < 1.29 is 4.74 Å². The van der Waals surface area contributed by atoms with Gasteiger partial charge in [0.2, 0.25) is 0 Å². The first-order valence-corrected chi connectivity index (χ1v) is 6.42. The van der Waals surface area contributed by atoms with E-state index in [-0.39, 0.29) is 0 Å². The second-order valence-corrected chi connectivity index (χ2v) is 4.56. The molecule has 1 aliphatic heterocycles. The molecule has 0 saturated carbocycles. The van der Waals surface area contributed by atoms with Gasteiger partial charge in [0.05, 0.1) is 13.2 Å². The Labute approximate surface area is 104 Å². The fourth-order valence-corrected chi connectivity index (χ4v) is 2.17. The number of anilines is 1. The van der Waals surface area contributed by atoms with Gasteiger partial charge >= 0.3 is 0 Å². The minimum absolute atomic E-state index is 0.897. The summed E-state index contributed by atoms with van der Waals surface area (Å²) in [5, 5.41) is 0. The molecule has 1 fully saturated rings. The Hall–Kier alpha value is -1.06. The van der Waals surface area contributed by atoms with Crippen LogP contribution in [-0.2, 0) is 4.74 Å². The van der Waals surface area contributed by atoms with E-state index in [2.05, 4.69) is 47.2 Å². The van der Waals surface area contributed by atoms with Gasteiger partial charge in [0.1, 0.15) is 0 Å². The van der Waals surface area contributed by atoms with Crippen LogP contribution in [0.5, 0.6) is 0 Å². The molecule has 3 nitrogen and oxygen atoms in total. The van der Waals surface area contributed by atoms with Crippen LogP contribution in [-0.4, -0.2) is 51.3 Å². The van der Waals surface area contributed by atoms with Crippen LogP contribution in [0, 0.1) is 0 Å². The van der Waals surface area contributed by atoms with E-state index in [1.165, 1.54) is 18.7 Å². The van der Waals surface area contributed by atoms with Crippen molar-refractivity contribution in [3.05, 3.63) is 30.3 Å². The number of rotatable bonds is 5. The van der Waals surface area contributed by atoms with Crippen molar-refractivity contribution in [1.29, 1.82) is 0 Å². The zero-order chi connectivity index (χ0) is 11.9. The molecule has 17 heavy (non-hydrogen) atoms. The first-order chi connectivity index (χ1) is 8.36. The standard InChI is InChI=1S/C14H22N2O/c1-15(14-6-3-2-4-7-14)8-5-9-16-10-12-17-13-11-16/h2-4,6-7H,5,8-13H2,1H3. The Morgan fingerprint density at radius 3 is 2.59 bits per heavy atom. The summed E-state index contributed by atoms with van der Waals surface area (Å²) in [6.07, 6.45) is 1.21. The van der Waals surface area contributed by atoms with Crippen LogP contribution in [0.3, 0.4) is 0 Å². The largest absolute Gasteiger partial charge is 0.379 e. The van der Waals surface area contributed by atoms with Gasteiger partial charge in [-0.25, -0.2) is 0 Å². The summed E-state index contributed by atoms with van der Waals surface area (Å²) in [4.78, 5) is 4.81. The molecule has 2 rings (SSSR count). The van der Waals surface area contributed by atoms with Crippen molar-refractivity contribution in [1.82, 2.24) is 4.90 Å². The first-order valence-electron chi connectivity index (χ1n) is 6.42. The predicted molar refractivity (Wildman–Crippen MR) is 71.6 cm³/mol. The fourth-order valence-electron chi connectivity index (χ4n) is 2.17. The maximum atomic E-state index is 5.34. The highest BCUT2D eigenvalue weighted by atomic mass is 16.5. The Morgan fingerprint density at radius 2 is 1.88 bits per heavy atom. The summed E-state index contributed by atoms with van der Waals surface area (Å²) in [5.41, 5.74) is 1.30. The summed E-state index contributed by atoms with van der Waals surface area (Å²) >= 11 is 0. The van der Waals surface area contributed by atoms with Crippen LogP contribution in [0.4, 0.5) is 5.69 Å². The van der Waals surface area contributed by atoms with Crippen LogP contribution >= 0.6 is 0 Å². The smallest absolute Gasteiger partial charge is 0.0594 e. The Balaban J connectivity index is 1.67. The lowest BCUT2D eigenvalue weighted by molar-refractivity contribution is 0.0377. The lowest BCUT2D eigenvalue weighted by Gasteiger charge is -2.27. The molecule has 0 aromatic heterocycles. The minimum Gasteiger partial charge on any atom is -0.379 e. The molecule has 94 valence electrons. The highest BCUT2D eigenvalue weighted by Crippen LogP contribution is 2.11. The average molecular weight is 234 g/mol. The lowest BCUT2D eigenvalue weighted by Crippen LogP contribution is -2.37. The van der Waals surface area contributed by atoms with Crippen LogP contribution in [0.1, 0.15) is 6.42 Å². The van der Waals surface area contributed by atoms with E-state index in [0.29, 0.717) is 0 Å². The average Bonchev–Trinajstić information content (AvgIpc) is 2.41. The van der Waals surface area contributed by atoms with Gasteiger partial charge in [-0.05, 0) is 18.6 Å². The van der Waals surface area contributed by atoms with Crippen molar-refractivity contribution in [2.75, 3.05) is 51.3 Å². The van der Waals surface area contributed by atoms with Gasteiger partial charge in [0.25, 0.3) is 0 Å². The SMILES string of the molecule is CN(CCCN1CCOCC1)c1ccccc1. The molecule has 3 heteroatoms. The third kappa shape index (κ3) is 4.02. The van der Waals surface area contributed by atoms with E-state index < -0.39 is 0 Å². The van der Waals surface area contributed by atoms with Crippen LogP contribution in [0.2, 0.25) is 0 Å². The Kier molecular flexibility index (Phi) is 4.83. The van der Waals surface area contributed by atoms with E-state index in [9.17, 15) is 0 Å². The van der Waals surface area contributed by atoms with Crippen molar-refractivity contribution in [2.45, 2.75) is 6.42 Å². The van der Waals surface area contributed by atoms with Gasteiger partial charge in [0, 0.05) is 38.9 Å². The lowest BCUT2D eigenvalue weighted by atomic mass is 10.2. The molecule has 0 amide bonds. The summed E-state index contributed by atoms with van der Waals surface area (Å²) in [5.74, 6) is 0.